The second-order valence-corrected chi connectivity index (χ2v) is 5.82. The molecule has 6 nitrogen and oxygen atoms in total. The molecule has 2 N–H and O–H groups in total. The predicted molar refractivity (Wildman–Crippen MR) is 82.4 cm³/mol. The molecule has 1 aliphatic carbocycles. The van der Waals surface area contributed by atoms with E-state index in [9.17, 15) is 4.79 Å². The van der Waals surface area contributed by atoms with E-state index in [2.05, 4.69) is 10.6 Å². The van der Waals surface area contributed by atoms with Gasteiger partial charge in [0.1, 0.15) is 0 Å². The molecule has 2 aliphatic rings. The zero-order valence-electron chi connectivity index (χ0n) is 12.8. The Kier molecular flexibility index (Phi) is 4.38. The Labute approximate surface area is 130 Å². The minimum absolute atomic E-state index is 0.218. The molecular formula is C16H22N2O4. The van der Waals surface area contributed by atoms with E-state index in [0.29, 0.717) is 23.7 Å². The van der Waals surface area contributed by atoms with Crippen molar-refractivity contribution in [1.29, 1.82) is 0 Å². The Morgan fingerprint density at radius 3 is 2.77 bits per heavy atom. The van der Waals surface area contributed by atoms with Gasteiger partial charge in [0.25, 0.3) is 0 Å². The molecule has 22 heavy (non-hydrogen) atoms. The summed E-state index contributed by atoms with van der Waals surface area (Å²) in [6, 6.07) is 5.10. The second kappa shape index (κ2) is 6.44. The number of ether oxygens (including phenoxy) is 3. The van der Waals surface area contributed by atoms with Crippen molar-refractivity contribution in [2.24, 2.45) is 0 Å². The molecule has 0 aromatic heterocycles. The number of carbonyl (C=O) groups is 1. The smallest absolute Gasteiger partial charge is 0.319 e. The van der Waals surface area contributed by atoms with Gasteiger partial charge in [0.15, 0.2) is 11.5 Å². The molecule has 0 unspecified atom stereocenters. The molecule has 1 aromatic rings. The Bertz CT molecular complexity index is 541. The van der Waals surface area contributed by atoms with Crippen molar-refractivity contribution in [2.75, 3.05) is 25.8 Å². The number of nitrogens with one attached hydrogen (secondary N) is 2. The fourth-order valence-corrected chi connectivity index (χ4v) is 3.04. The normalized spacial score (nSPS) is 18.8. The van der Waals surface area contributed by atoms with E-state index in [-0.39, 0.29) is 18.4 Å². The van der Waals surface area contributed by atoms with Gasteiger partial charge in [-0.2, -0.15) is 0 Å². The van der Waals surface area contributed by atoms with Crippen LogP contribution < -0.4 is 20.1 Å². The van der Waals surface area contributed by atoms with Gasteiger partial charge in [0.2, 0.25) is 6.79 Å². The first-order valence-corrected chi connectivity index (χ1v) is 7.70. The first-order chi connectivity index (χ1) is 10.7. The fraction of sp³-hybridized carbons (Fsp3) is 0.562. The highest BCUT2D eigenvalue weighted by Gasteiger charge is 2.32. The van der Waals surface area contributed by atoms with Crippen LogP contribution in [0.1, 0.15) is 32.1 Å². The van der Waals surface area contributed by atoms with Crippen LogP contribution in [0.5, 0.6) is 11.5 Å². The molecule has 3 rings (SSSR count). The summed E-state index contributed by atoms with van der Waals surface area (Å²) in [6.45, 7) is 0.751. The number of amides is 2. The van der Waals surface area contributed by atoms with Crippen LogP contribution in [0.3, 0.4) is 0 Å². The summed E-state index contributed by atoms with van der Waals surface area (Å²) >= 11 is 0. The van der Waals surface area contributed by atoms with E-state index >= 15 is 0 Å². The molecule has 0 bridgehead atoms. The first kappa shape index (κ1) is 15.0. The number of benzene rings is 1. The molecule has 1 saturated carbocycles. The van der Waals surface area contributed by atoms with E-state index in [1.807, 2.05) is 0 Å². The largest absolute Gasteiger partial charge is 0.454 e. The summed E-state index contributed by atoms with van der Waals surface area (Å²) in [7, 11) is 1.72. The summed E-state index contributed by atoms with van der Waals surface area (Å²) in [6.07, 6.45) is 5.54. The summed E-state index contributed by atoms with van der Waals surface area (Å²) in [4.78, 5) is 12.1. The average molecular weight is 306 g/mol. The fourth-order valence-electron chi connectivity index (χ4n) is 3.04. The van der Waals surface area contributed by atoms with Crippen molar-refractivity contribution in [3.63, 3.8) is 0 Å². The van der Waals surface area contributed by atoms with Crippen molar-refractivity contribution in [1.82, 2.24) is 5.32 Å². The number of urea groups is 1. The number of hydrogen-bond acceptors (Lipinski definition) is 4. The quantitative estimate of drug-likeness (QED) is 0.897. The van der Waals surface area contributed by atoms with Gasteiger partial charge in [0, 0.05) is 25.4 Å². The SMILES string of the molecule is COC1(CNC(=O)Nc2ccc3c(c2)OCO3)CCCCC1. The monoisotopic (exact) mass is 306 g/mol. The van der Waals surface area contributed by atoms with Gasteiger partial charge in [-0.15, -0.1) is 0 Å². The molecular weight excluding hydrogens is 284 g/mol. The molecule has 120 valence electrons. The molecule has 1 fully saturated rings. The lowest BCUT2D eigenvalue weighted by Gasteiger charge is -2.36. The Hall–Kier alpha value is -1.95. The van der Waals surface area contributed by atoms with Crippen molar-refractivity contribution in [3.05, 3.63) is 18.2 Å². The molecule has 0 saturated heterocycles. The Morgan fingerprint density at radius 1 is 1.23 bits per heavy atom. The van der Waals surface area contributed by atoms with Gasteiger partial charge in [-0.3, -0.25) is 0 Å². The zero-order valence-corrected chi connectivity index (χ0v) is 12.8. The maximum Gasteiger partial charge on any atom is 0.319 e. The Morgan fingerprint density at radius 2 is 2.00 bits per heavy atom. The van der Waals surface area contributed by atoms with Crippen LogP contribution in [0, 0.1) is 0 Å². The van der Waals surface area contributed by atoms with Gasteiger partial charge >= 0.3 is 6.03 Å². The third-order valence-electron chi connectivity index (χ3n) is 4.40. The third-order valence-corrected chi connectivity index (χ3v) is 4.40. The van der Waals surface area contributed by atoms with Gasteiger partial charge in [-0.05, 0) is 25.0 Å². The van der Waals surface area contributed by atoms with Gasteiger partial charge in [0.05, 0.1) is 5.60 Å². The molecule has 6 heteroatoms. The van der Waals surface area contributed by atoms with Gasteiger partial charge in [-0.25, -0.2) is 4.79 Å². The zero-order chi connectivity index (χ0) is 15.4. The highest BCUT2D eigenvalue weighted by atomic mass is 16.7. The number of hydrogen-bond donors (Lipinski definition) is 2. The van der Waals surface area contributed by atoms with Crippen LogP contribution in [0.4, 0.5) is 10.5 Å². The third kappa shape index (κ3) is 3.27. The van der Waals surface area contributed by atoms with Crippen LogP contribution >= 0.6 is 0 Å². The predicted octanol–water partition coefficient (Wildman–Crippen LogP) is 2.89. The second-order valence-electron chi connectivity index (χ2n) is 5.82. The number of anilines is 1. The van der Waals surface area contributed by atoms with Gasteiger partial charge < -0.3 is 24.8 Å². The molecule has 1 aliphatic heterocycles. The number of carbonyl (C=O) groups excluding carboxylic acids is 1. The lowest BCUT2D eigenvalue weighted by atomic mass is 9.84. The molecule has 2 amide bonds. The summed E-state index contributed by atoms with van der Waals surface area (Å²) in [5.74, 6) is 1.35. The summed E-state index contributed by atoms with van der Waals surface area (Å²) in [5.41, 5.74) is 0.460. The maximum atomic E-state index is 12.1. The lowest BCUT2D eigenvalue weighted by molar-refractivity contribution is -0.0353. The van der Waals surface area contributed by atoms with Crippen LogP contribution in [-0.4, -0.2) is 32.1 Å². The van der Waals surface area contributed by atoms with Crippen LogP contribution in [0.25, 0.3) is 0 Å². The van der Waals surface area contributed by atoms with Gasteiger partial charge in [-0.1, -0.05) is 19.3 Å². The van der Waals surface area contributed by atoms with E-state index in [1.54, 1.807) is 25.3 Å². The highest BCUT2D eigenvalue weighted by Crippen LogP contribution is 2.34. The highest BCUT2D eigenvalue weighted by molar-refractivity contribution is 5.89. The standard InChI is InChI=1S/C16H22N2O4/c1-20-16(7-3-2-4-8-16)10-17-15(19)18-12-5-6-13-14(9-12)22-11-21-13/h5-6,9H,2-4,7-8,10-11H2,1H3,(H2,17,18,19). The van der Waals surface area contributed by atoms with Crippen LogP contribution in [-0.2, 0) is 4.74 Å². The maximum absolute atomic E-state index is 12.1. The van der Waals surface area contributed by atoms with E-state index < -0.39 is 0 Å². The van der Waals surface area contributed by atoms with Crippen molar-refractivity contribution in [3.8, 4) is 11.5 Å². The summed E-state index contributed by atoms with van der Waals surface area (Å²) in [5, 5.41) is 5.72. The van der Waals surface area contributed by atoms with E-state index in [1.165, 1.54) is 6.42 Å². The minimum atomic E-state index is -0.235. The lowest BCUT2D eigenvalue weighted by Crippen LogP contribution is -2.46. The first-order valence-electron chi connectivity index (χ1n) is 7.70. The van der Waals surface area contributed by atoms with Crippen LogP contribution in [0.2, 0.25) is 0 Å². The van der Waals surface area contributed by atoms with Crippen LogP contribution in [0.15, 0.2) is 18.2 Å². The molecule has 1 heterocycles. The summed E-state index contributed by atoms with van der Waals surface area (Å²) < 4.78 is 16.2. The molecule has 0 spiro atoms. The topological polar surface area (TPSA) is 68.8 Å². The van der Waals surface area contributed by atoms with E-state index in [0.717, 1.165) is 25.7 Å². The minimum Gasteiger partial charge on any atom is -0.454 e. The molecule has 0 radical (unpaired) electrons. The average Bonchev–Trinajstić information content (AvgIpc) is 3.01. The van der Waals surface area contributed by atoms with Crippen molar-refractivity contribution >= 4 is 11.7 Å². The van der Waals surface area contributed by atoms with Crippen molar-refractivity contribution in [2.45, 2.75) is 37.7 Å². The number of methoxy groups -OCH3 is 1. The molecule has 0 atom stereocenters. The number of fused-ring (bicyclic) bond motifs is 1. The Balaban J connectivity index is 1.54. The molecule has 1 aromatic carbocycles. The number of rotatable bonds is 4. The van der Waals surface area contributed by atoms with E-state index in [4.69, 9.17) is 14.2 Å². The van der Waals surface area contributed by atoms with Crippen molar-refractivity contribution < 1.29 is 19.0 Å².